The van der Waals surface area contributed by atoms with Gasteiger partial charge in [0.05, 0.1) is 19.5 Å². The number of hydrogen-bond donors (Lipinski definition) is 2. The summed E-state index contributed by atoms with van der Waals surface area (Å²) in [5, 5.41) is 0. The molecule has 6 rings (SSSR count). The van der Waals surface area contributed by atoms with Crippen LogP contribution < -0.4 is 26.8 Å². The molecule has 0 bridgehead atoms. The minimum absolute atomic E-state index is 0.0140. The lowest BCUT2D eigenvalue weighted by Gasteiger charge is -2.34. The number of methoxy groups -OCH3 is 1. The maximum Gasteiger partial charge on any atom is 0.330 e. The molecule has 20 nitrogen and oxygen atoms in total. The number of rotatable bonds is 3. The number of halogens is 1. The van der Waals surface area contributed by atoms with Gasteiger partial charge < -0.3 is 47.8 Å². The van der Waals surface area contributed by atoms with E-state index in [4.69, 9.17) is 38.0 Å². The normalized spacial score (nSPS) is 38.7. The van der Waals surface area contributed by atoms with Gasteiger partial charge in [-0.15, -0.1) is 0 Å². The zero-order valence-electron chi connectivity index (χ0n) is 21.7. The molecular weight excluding hydrogens is 627 g/mol. The van der Waals surface area contributed by atoms with Gasteiger partial charge in [0.15, 0.2) is 30.1 Å². The van der Waals surface area contributed by atoms with E-state index in [1.807, 2.05) is 4.98 Å². The number of fused-ring (bicyclic) bond motifs is 3. The zero-order chi connectivity index (χ0) is 30.7. The van der Waals surface area contributed by atoms with Gasteiger partial charge in [-0.3, -0.25) is 28.0 Å². The van der Waals surface area contributed by atoms with Gasteiger partial charge in [0, 0.05) is 19.4 Å². The number of aromatic amines is 1. The largest absolute Gasteiger partial charge is 0.756 e. The maximum atomic E-state index is 15.8. The molecule has 43 heavy (non-hydrogen) atoms. The molecule has 23 heteroatoms. The van der Waals surface area contributed by atoms with Crippen LogP contribution in [0.15, 0.2) is 34.5 Å². The fraction of sp³-hybridized carbons (Fsp3) is 0.550. The van der Waals surface area contributed by atoms with E-state index in [2.05, 4.69) is 15.0 Å². The van der Waals surface area contributed by atoms with Gasteiger partial charge in [0.25, 0.3) is 21.2 Å². The van der Waals surface area contributed by atoms with Crippen LogP contribution in [0, 0.1) is 0 Å². The van der Waals surface area contributed by atoms with E-state index in [1.54, 1.807) is 0 Å². The molecule has 0 amide bonds. The Morgan fingerprint density at radius 3 is 2.35 bits per heavy atom. The highest BCUT2D eigenvalue weighted by Crippen LogP contribution is 2.51. The summed E-state index contributed by atoms with van der Waals surface area (Å²) in [6.07, 6.45) is -10.1. The molecule has 10 atom stereocenters. The number of phosphoric acid groups is 2. The first-order chi connectivity index (χ1) is 20.4. The number of nitrogen functional groups attached to an aromatic ring is 1. The smallest absolute Gasteiger partial charge is 0.330 e. The molecule has 0 aliphatic carbocycles. The molecule has 3 aliphatic rings. The van der Waals surface area contributed by atoms with Crippen LogP contribution in [0.2, 0.25) is 0 Å². The lowest BCUT2D eigenvalue weighted by Crippen LogP contribution is -2.41. The number of nitrogens with one attached hydrogen (secondary N) is 1. The van der Waals surface area contributed by atoms with Gasteiger partial charge in [-0.25, -0.2) is 24.1 Å². The third-order valence-electron chi connectivity index (χ3n) is 6.91. The average molecular weight is 649 g/mol. The van der Waals surface area contributed by atoms with Crippen molar-refractivity contribution in [2.24, 2.45) is 0 Å². The second-order valence-electron chi connectivity index (χ2n) is 9.50. The van der Waals surface area contributed by atoms with Crippen molar-refractivity contribution in [1.82, 2.24) is 29.1 Å². The number of nitrogens with two attached hydrogens (primary N) is 1. The second-order valence-corrected chi connectivity index (χ2v) is 12.2. The van der Waals surface area contributed by atoms with E-state index >= 15 is 4.39 Å². The highest BCUT2D eigenvalue weighted by atomic mass is 31.2. The molecule has 3 aliphatic heterocycles. The Morgan fingerprint density at radius 1 is 1.02 bits per heavy atom. The van der Waals surface area contributed by atoms with Crippen LogP contribution in [-0.4, -0.2) is 86.1 Å². The summed E-state index contributed by atoms with van der Waals surface area (Å²) in [6, 6.07) is 0.995. The Morgan fingerprint density at radius 2 is 1.67 bits per heavy atom. The molecule has 0 spiro atoms. The molecule has 3 N–H and O–H groups in total. The van der Waals surface area contributed by atoms with Gasteiger partial charge in [0.2, 0.25) is 0 Å². The van der Waals surface area contributed by atoms with Crippen LogP contribution in [0.1, 0.15) is 12.5 Å². The van der Waals surface area contributed by atoms with Gasteiger partial charge >= 0.3 is 5.69 Å². The summed E-state index contributed by atoms with van der Waals surface area (Å²) in [5.41, 5.74) is 4.27. The maximum absolute atomic E-state index is 15.8. The van der Waals surface area contributed by atoms with E-state index in [0.717, 1.165) is 41.2 Å². The lowest BCUT2D eigenvalue weighted by molar-refractivity contribution is -0.244. The minimum Gasteiger partial charge on any atom is -0.756 e. The number of nitrogens with zero attached hydrogens (tertiary/aromatic N) is 5. The number of alkyl halides is 1. The van der Waals surface area contributed by atoms with E-state index in [9.17, 15) is 28.5 Å². The molecule has 3 aromatic heterocycles. The SMILES string of the molecule is CO[C@@H]1[C@@H]2OP(=O)([O-])OC[C@H]3O[C@@H](n4cnc5c(N)ncnc54)[C@H](F)[C@@H]3OP(=O)([O-])OC[C@H]2O[C@H]1n1ccc(=O)[nH]c1=O. The van der Waals surface area contributed by atoms with Crippen LogP contribution in [0.3, 0.4) is 0 Å². The van der Waals surface area contributed by atoms with Crippen LogP contribution in [-0.2, 0) is 41.4 Å². The fourth-order valence-corrected chi connectivity index (χ4v) is 6.88. The molecule has 3 fully saturated rings. The predicted molar refractivity (Wildman–Crippen MR) is 131 cm³/mol. The van der Waals surface area contributed by atoms with Gasteiger partial charge in [-0.05, 0) is 0 Å². The summed E-state index contributed by atoms with van der Waals surface area (Å²) < 4.78 is 80.3. The summed E-state index contributed by atoms with van der Waals surface area (Å²) in [6.45, 7) is -1.87. The molecule has 3 aromatic rings. The lowest BCUT2D eigenvalue weighted by atomic mass is 10.1. The van der Waals surface area contributed by atoms with Crippen molar-refractivity contribution in [3.63, 3.8) is 0 Å². The first-order valence-electron chi connectivity index (χ1n) is 12.4. The molecule has 0 aromatic carbocycles. The summed E-state index contributed by atoms with van der Waals surface area (Å²) in [7, 11) is -9.51. The van der Waals surface area contributed by atoms with Crippen LogP contribution in [0.5, 0.6) is 0 Å². The van der Waals surface area contributed by atoms with Crippen LogP contribution in [0.4, 0.5) is 10.2 Å². The Bertz CT molecular complexity index is 1740. The van der Waals surface area contributed by atoms with Gasteiger partial charge in [-0.1, -0.05) is 0 Å². The van der Waals surface area contributed by atoms with Crippen molar-refractivity contribution in [2.45, 2.75) is 49.1 Å². The van der Waals surface area contributed by atoms with Crippen molar-refractivity contribution < 1.29 is 55.6 Å². The third kappa shape index (κ3) is 5.69. The molecule has 6 heterocycles. The van der Waals surface area contributed by atoms with E-state index in [1.165, 1.54) is 0 Å². The molecule has 0 saturated carbocycles. The van der Waals surface area contributed by atoms with Crippen molar-refractivity contribution in [2.75, 3.05) is 26.1 Å². The van der Waals surface area contributed by atoms with Crippen molar-refractivity contribution in [3.05, 3.63) is 45.8 Å². The Balaban J connectivity index is 1.29. The van der Waals surface area contributed by atoms with E-state index in [-0.39, 0.29) is 17.0 Å². The standard InChI is InChI=1S/C20H24FN7O13P2/c1-35-15-14-9(39-19(15)27-3-2-10(29)26-20(27)30)5-37-42(31,32)40-13-8(4-36-43(33,34)41-14)38-18(11(13)21)28-7-25-12-16(22)23-6-24-17(12)28/h2-3,6-9,11,13-15,18-19H,4-5H2,1H3,(H,31,32)(H,33,34)(H2,22,23,24)(H,26,29,30)/p-2/t8-,9-,11-,13-,14-,15-,18-,19-/m1/s1. The number of imidazole rings is 1. The summed E-state index contributed by atoms with van der Waals surface area (Å²) in [4.78, 5) is 63.5. The summed E-state index contributed by atoms with van der Waals surface area (Å²) >= 11 is 0. The Kier molecular flexibility index (Phi) is 7.84. The molecule has 0 radical (unpaired) electrons. The quantitative estimate of drug-likeness (QED) is 0.287. The number of hydrogen-bond acceptors (Lipinski definition) is 17. The number of phosphoric ester groups is 2. The number of ether oxygens (including phenoxy) is 3. The minimum atomic E-state index is -5.36. The topological polar surface area (TPSA) is 269 Å². The second kappa shape index (κ2) is 11.2. The fourth-order valence-electron chi connectivity index (χ4n) is 4.99. The monoisotopic (exact) mass is 649 g/mol. The van der Waals surface area contributed by atoms with Gasteiger partial charge in [0.1, 0.15) is 42.4 Å². The van der Waals surface area contributed by atoms with Crippen LogP contribution >= 0.6 is 15.6 Å². The van der Waals surface area contributed by atoms with Crippen LogP contribution in [0.25, 0.3) is 11.2 Å². The first-order valence-corrected chi connectivity index (χ1v) is 15.3. The third-order valence-corrected chi connectivity index (χ3v) is 8.84. The van der Waals surface area contributed by atoms with Crippen molar-refractivity contribution in [3.8, 4) is 0 Å². The zero-order valence-corrected chi connectivity index (χ0v) is 23.5. The van der Waals surface area contributed by atoms with E-state index in [0.29, 0.717) is 0 Å². The summed E-state index contributed by atoms with van der Waals surface area (Å²) in [5.74, 6) is -0.0140. The molecular formula is C20H22FN7O13P2-2. The van der Waals surface area contributed by atoms with Crippen molar-refractivity contribution >= 4 is 32.6 Å². The molecule has 2 unspecified atom stereocenters. The molecule has 234 valence electrons. The molecule has 3 saturated heterocycles. The highest BCUT2D eigenvalue weighted by molar-refractivity contribution is 7.46. The van der Waals surface area contributed by atoms with Gasteiger partial charge in [-0.2, -0.15) is 0 Å². The number of H-pyrrole nitrogens is 1. The number of aromatic nitrogens is 6. The first kappa shape index (κ1) is 30.1. The van der Waals surface area contributed by atoms with E-state index < -0.39 is 89.3 Å². The Hall–Kier alpha value is -2.94. The predicted octanol–water partition coefficient (Wildman–Crippen LogP) is -2.14. The van der Waals surface area contributed by atoms with Crippen molar-refractivity contribution in [1.29, 1.82) is 0 Å². The Labute approximate surface area is 238 Å². The number of anilines is 1. The highest BCUT2D eigenvalue weighted by Gasteiger charge is 2.52. The average Bonchev–Trinajstić information content (AvgIpc) is 3.60.